The number of piperidine rings is 1. The van der Waals surface area contributed by atoms with Crippen molar-refractivity contribution in [2.24, 2.45) is 5.92 Å². The molecule has 2 aromatic rings. The number of hydrogen-bond donors (Lipinski definition) is 3. The molecule has 154 valence electrons. The van der Waals surface area contributed by atoms with Crippen molar-refractivity contribution in [2.45, 2.75) is 45.2 Å². The molecule has 2 fully saturated rings. The molecule has 2 saturated heterocycles. The second-order valence-corrected chi connectivity index (χ2v) is 8.41. The molecule has 2 heterocycles. The summed E-state index contributed by atoms with van der Waals surface area (Å²) in [5.41, 5.74) is 4.56. The van der Waals surface area contributed by atoms with E-state index in [1.165, 1.54) is 18.5 Å². The maximum Gasteiger partial charge on any atom is 0.237 e. The number of anilines is 3. The molecule has 5 nitrogen and oxygen atoms in total. The molecule has 0 radical (unpaired) electrons. The largest absolute Gasteiger partial charge is 0.372 e. The van der Waals surface area contributed by atoms with E-state index < -0.39 is 0 Å². The Kier molecular flexibility index (Phi) is 6.35. The summed E-state index contributed by atoms with van der Waals surface area (Å²) in [6.45, 7) is 6.17. The summed E-state index contributed by atoms with van der Waals surface area (Å²) < 4.78 is 0. The second kappa shape index (κ2) is 9.31. The van der Waals surface area contributed by atoms with E-state index >= 15 is 0 Å². The maximum absolute atomic E-state index is 12.1. The Bertz CT molecular complexity index is 789. The molecule has 2 aliphatic heterocycles. The van der Waals surface area contributed by atoms with Gasteiger partial charge in [0.2, 0.25) is 5.91 Å². The SMILES string of the molecule is CC1CCN(c2ccc(Nc3ccc(CNC(=O)C4CCCN4)cc3)cc2)CC1. The van der Waals surface area contributed by atoms with Gasteiger partial charge in [-0.15, -0.1) is 0 Å². The van der Waals surface area contributed by atoms with Crippen molar-refractivity contribution in [1.29, 1.82) is 0 Å². The molecule has 1 unspecified atom stereocenters. The first-order chi connectivity index (χ1) is 14.2. The summed E-state index contributed by atoms with van der Waals surface area (Å²) >= 11 is 0. The fourth-order valence-electron chi connectivity index (χ4n) is 4.12. The third-order valence-electron chi connectivity index (χ3n) is 6.10. The van der Waals surface area contributed by atoms with E-state index in [0.29, 0.717) is 6.54 Å². The van der Waals surface area contributed by atoms with Crippen molar-refractivity contribution in [1.82, 2.24) is 10.6 Å². The van der Waals surface area contributed by atoms with Crippen LogP contribution in [-0.4, -0.2) is 31.6 Å². The normalized spacial score (nSPS) is 19.9. The van der Waals surface area contributed by atoms with Gasteiger partial charge in [0.25, 0.3) is 0 Å². The Morgan fingerprint density at radius 3 is 2.28 bits per heavy atom. The maximum atomic E-state index is 12.1. The third-order valence-corrected chi connectivity index (χ3v) is 6.10. The minimum absolute atomic E-state index is 0.0211. The Morgan fingerprint density at radius 2 is 1.66 bits per heavy atom. The predicted octanol–water partition coefficient (Wildman–Crippen LogP) is 4.03. The van der Waals surface area contributed by atoms with E-state index in [-0.39, 0.29) is 11.9 Å². The summed E-state index contributed by atoms with van der Waals surface area (Å²) in [6.07, 6.45) is 4.58. The molecule has 3 N–H and O–H groups in total. The molecular weight excluding hydrogens is 360 g/mol. The van der Waals surface area contributed by atoms with Gasteiger partial charge in [0.1, 0.15) is 0 Å². The number of benzene rings is 2. The average molecular weight is 393 g/mol. The van der Waals surface area contributed by atoms with E-state index in [0.717, 1.165) is 55.3 Å². The fourth-order valence-corrected chi connectivity index (χ4v) is 4.12. The molecule has 2 aromatic carbocycles. The van der Waals surface area contributed by atoms with Crippen molar-refractivity contribution in [3.63, 3.8) is 0 Å². The number of nitrogens with zero attached hydrogens (tertiary/aromatic N) is 1. The molecule has 0 aromatic heterocycles. The van der Waals surface area contributed by atoms with Crippen LogP contribution in [0.1, 0.15) is 38.2 Å². The molecule has 0 spiro atoms. The molecule has 0 saturated carbocycles. The minimum Gasteiger partial charge on any atom is -0.372 e. The molecule has 1 atom stereocenters. The lowest BCUT2D eigenvalue weighted by Crippen LogP contribution is -2.39. The molecular formula is C24H32N4O. The van der Waals surface area contributed by atoms with Gasteiger partial charge in [-0.2, -0.15) is 0 Å². The van der Waals surface area contributed by atoms with Gasteiger partial charge in [0.15, 0.2) is 0 Å². The highest BCUT2D eigenvalue weighted by atomic mass is 16.2. The van der Waals surface area contributed by atoms with Crippen LogP contribution in [0.5, 0.6) is 0 Å². The topological polar surface area (TPSA) is 56.4 Å². The molecule has 4 rings (SSSR count). The third kappa shape index (κ3) is 5.30. The lowest BCUT2D eigenvalue weighted by molar-refractivity contribution is -0.122. The summed E-state index contributed by atoms with van der Waals surface area (Å²) in [5.74, 6) is 0.954. The first kappa shape index (κ1) is 19.8. The van der Waals surface area contributed by atoms with Gasteiger partial charge < -0.3 is 20.9 Å². The van der Waals surface area contributed by atoms with Crippen LogP contribution in [0.15, 0.2) is 48.5 Å². The Balaban J connectivity index is 1.27. The smallest absolute Gasteiger partial charge is 0.237 e. The van der Waals surface area contributed by atoms with Gasteiger partial charge in [0.05, 0.1) is 6.04 Å². The van der Waals surface area contributed by atoms with Gasteiger partial charge in [-0.05, 0) is 80.1 Å². The van der Waals surface area contributed by atoms with Gasteiger partial charge in [-0.3, -0.25) is 4.79 Å². The number of amides is 1. The zero-order valence-electron chi connectivity index (χ0n) is 17.3. The highest BCUT2D eigenvalue weighted by Crippen LogP contribution is 2.25. The fraction of sp³-hybridized carbons (Fsp3) is 0.458. The Labute approximate surface area is 173 Å². The van der Waals surface area contributed by atoms with Crippen LogP contribution in [-0.2, 0) is 11.3 Å². The number of carbonyl (C=O) groups excluding carboxylic acids is 1. The van der Waals surface area contributed by atoms with Crippen LogP contribution in [0.2, 0.25) is 0 Å². The van der Waals surface area contributed by atoms with Crippen molar-refractivity contribution < 1.29 is 4.79 Å². The summed E-state index contributed by atoms with van der Waals surface area (Å²) in [4.78, 5) is 14.6. The molecule has 2 aliphatic rings. The van der Waals surface area contributed by atoms with E-state index in [2.05, 4.69) is 76.3 Å². The van der Waals surface area contributed by atoms with Crippen molar-refractivity contribution in [3.05, 3.63) is 54.1 Å². The zero-order valence-corrected chi connectivity index (χ0v) is 17.3. The highest BCUT2D eigenvalue weighted by Gasteiger charge is 2.21. The van der Waals surface area contributed by atoms with Crippen LogP contribution in [0.4, 0.5) is 17.1 Å². The first-order valence-corrected chi connectivity index (χ1v) is 10.9. The first-order valence-electron chi connectivity index (χ1n) is 10.9. The van der Waals surface area contributed by atoms with E-state index in [4.69, 9.17) is 0 Å². The van der Waals surface area contributed by atoms with Crippen molar-refractivity contribution in [3.8, 4) is 0 Å². The van der Waals surface area contributed by atoms with Crippen LogP contribution in [0.25, 0.3) is 0 Å². The van der Waals surface area contributed by atoms with E-state index in [9.17, 15) is 4.79 Å². The Hall–Kier alpha value is -2.53. The van der Waals surface area contributed by atoms with E-state index in [1.54, 1.807) is 0 Å². The van der Waals surface area contributed by atoms with Crippen molar-refractivity contribution in [2.75, 3.05) is 29.9 Å². The van der Waals surface area contributed by atoms with Crippen LogP contribution >= 0.6 is 0 Å². The minimum atomic E-state index is -0.0211. The van der Waals surface area contributed by atoms with Gasteiger partial charge in [0, 0.05) is 36.7 Å². The van der Waals surface area contributed by atoms with Crippen LogP contribution < -0.4 is 20.9 Å². The number of nitrogens with one attached hydrogen (secondary N) is 3. The summed E-state index contributed by atoms with van der Waals surface area (Å²) in [7, 11) is 0. The monoisotopic (exact) mass is 392 g/mol. The predicted molar refractivity (Wildman–Crippen MR) is 120 cm³/mol. The average Bonchev–Trinajstić information content (AvgIpc) is 3.29. The van der Waals surface area contributed by atoms with Crippen LogP contribution in [0, 0.1) is 5.92 Å². The molecule has 29 heavy (non-hydrogen) atoms. The quantitative estimate of drug-likeness (QED) is 0.695. The highest BCUT2D eigenvalue weighted by molar-refractivity contribution is 5.82. The number of hydrogen-bond acceptors (Lipinski definition) is 4. The summed E-state index contributed by atoms with van der Waals surface area (Å²) in [5, 5.41) is 9.72. The zero-order chi connectivity index (χ0) is 20.1. The van der Waals surface area contributed by atoms with Crippen LogP contribution in [0.3, 0.4) is 0 Å². The second-order valence-electron chi connectivity index (χ2n) is 8.41. The lowest BCUT2D eigenvalue weighted by Gasteiger charge is -2.32. The van der Waals surface area contributed by atoms with Gasteiger partial charge in [-0.25, -0.2) is 0 Å². The molecule has 1 amide bonds. The van der Waals surface area contributed by atoms with Gasteiger partial charge >= 0.3 is 0 Å². The summed E-state index contributed by atoms with van der Waals surface area (Å²) in [6, 6.07) is 16.9. The number of rotatable bonds is 6. The van der Waals surface area contributed by atoms with Crippen molar-refractivity contribution >= 4 is 23.0 Å². The molecule has 0 bridgehead atoms. The Morgan fingerprint density at radius 1 is 1.00 bits per heavy atom. The van der Waals surface area contributed by atoms with E-state index in [1.807, 2.05) is 0 Å². The number of carbonyl (C=O) groups is 1. The molecule has 5 heteroatoms. The molecule has 0 aliphatic carbocycles. The standard InChI is InChI=1S/C24H32N4O/c1-18-12-15-28(16-13-18)22-10-8-21(9-11-22)27-20-6-4-19(5-7-20)17-26-24(29)23-3-2-14-25-23/h4-11,18,23,25,27H,2-3,12-17H2,1H3,(H,26,29). The lowest BCUT2D eigenvalue weighted by atomic mass is 9.99. The van der Waals surface area contributed by atoms with Gasteiger partial charge in [-0.1, -0.05) is 19.1 Å².